The maximum absolute atomic E-state index is 11.9. The summed E-state index contributed by atoms with van der Waals surface area (Å²) < 4.78 is 0. The van der Waals surface area contributed by atoms with E-state index < -0.39 is 5.54 Å². The monoisotopic (exact) mass is 284 g/mol. The molecule has 0 aliphatic carbocycles. The van der Waals surface area contributed by atoms with Gasteiger partial charge in [0.25, 0.3) is 0 Å². The van der Waals surface area contributed by atoms with Crippen LogP contribution in [-0.2, 0) is 0 Å². The van der Waals surface area contributed by atoms with Gasteiger partial charge in [-0.2, -0.15) is 0 Å². The van der Waals surface area contributed by atoms with E-state index in [1.807, 2.05) is 26.8 Å². The van der Waals surface area contributed by atoms with E-state index in [1.165, 1.54) is 0 Å². The van der Waals surface area contributed by atoms with Gasteiger partial charge in [0.1, 0.15) is 0 Å². The van der Waals surface area contributed by atoms with Crippen molar-refractivity contribution in [3.8, 4) is 0 Å². The second-order valence-electron chi connectivity index (χ2n) is 5.03. The lowest BCUT2D eigenvalue weighted by atomic mass is 9.98. The molecule has 0 saturated carbocycles. The van der Waals surface area contributed by atoms with Gasteiger partial charge in [0.15, 0.2) is 0 Å². The van der Waals surface area contributed by atoms with Gasteiger partial charge in [0.2, 0.25) is 0 Å². The Morgan fingerprint density at radius 3 is 2.74 bits per heavy atom. The average Bonchev–Trinajstić information content (AvgIpc) is 2.34. The van der Waals surface area contributed by atoms with Crippen molar-refractivity contribution in [2.24, 2.45) is 0 Å². The van der Waals surface area contributed by atoms with Gasteiger partial charge >= 0.3 is 6.03 Å². The van der Waals surface area contributed by atoms with Gasteiger partial charge < -0.3 is 15.7 Å². The molecule has 1 rings (SSSR count). The van der Waals surface area contributed by atoms with E-state index in [4.69, 9.17) is 11.6 Å². The van der Waals surface area contributed by atoms with Crippen molar-refractivity contribution in [3.05, 3.63) is 28.8 Å². The number of aliphatic hydroxyl groups excluding tert-OH is 1. The highest BCUT2D eigenvalue weighted by Gasteiger charge is 2.24. The predicted molar refractivity (Wildman–Crippen MR) is 78.7 cm³/mol. The van der Waals surface area contributed by atoms with Crippen LogP contribution in [0.15, 0.2) is 18.2 Å². The number of benzene rings is 1. The highest BCUT2D eigenvalue weighted by Crippen LogP contribution is 2.23. The average molecular weight is 285 g/mol. The molecule has 2 amide bonds. The Hall–Kier alpha value is -1.26. The molecule has 4 nitrogen and oxygen atoms in total. The highest BCUT2D eigenvalue weighted by molar-refractivity contribution is 6.33. The van der Waals surface area contributed by atoms with Crippen LogP contribution in [0.25, 0.3) is 0 Å². The van der Waals surface area contributed by atoms with Crippen molar-refractivity contribution >= 4 is 23.3 Å². The summed E-state index contributed by atoms with van der Waals surface area (Å²) in [6.45, 7) is 5.64. The van der Waals surface area contributed by atoms with Crippen molar-refractivity contribution in [1.29, 1.82) is 0 Å². The predicted octanol–water partition coefficient (Wildman–Crippen LogP) is 3.32. The first-order valence-corrected chi connectivity index (χ1v) is 6.74. The lowest BCUT2D eigenvalue weighted by Gasteiger charge is -2.28. The topological polar surface area (TPSA) is 61.4 Å². The summed E-state index contributed by atoms with van der Waals surface area (Å²) in [5.41, 5.74) is 0.962. The molecule has 1 aromatic rings. The normalized spacial score (nSPS) is 13.7. The molecule has 0 aromatic heterocycles. The number of nitrogens with one attached hydrogen (secondary N) is 2. The van der Waals surface area contributed by atoms with E-state index in [1.54, 1.807) is 12.1 Å². The summed E-state index contributed by atoms with van der Waals surface area (Å²) in [5, 5.41) is 15.3. The summed E-state index contributed by atoms with van der Waals surface area (Å²) in [6, 6.07) is 5.06. The molecule has 0 fully saturated rings. The zero-order chi connectivity index (χ0) is 14.5. The first-order valence-electron chi connectivity index (χ1n) is 6.36. The van der Waals surface area contributed by atoms with Crippen molar-refractivity contribution in [2.45, 2.75) is 39.2 Å². The molecule has 0 spiro atoms. The highest BCUT2D eigenvalue weighted by atomic mass is 35.5. The minimum atomic E-state index is -0.616. The number of halogens is 1. The van der Waals surface area contributed by atoms with Crippen LogP contribution < -0.4 is 10.6 Å². The van der Waals surface area contributed by atoms with Gasteiger partial charge in [-0.05, 0) is 38.0 Å². The van der Waals surface area contributed by atoms with Gasteiger partial charge in [0.05, 0.1) is 22.9 Å². The van der Waals surface area contributed by atoms with Gasteiger partial charge in [-0.1, -0.05) is 31.0 Å². The molecule has 19 heavy (non-hydrogen) atoms. The third kappa shape index (κ3) is 4.73. The number of rotatable bonds is 5. The van der Waals surface area contributed by atoms with Crippen molar-refractivity contribution in [1.82, 2.24) is 5.32 Å². The number of aryl methyl sites for hydroxylation is 1. The summed E-state index contributed by atoms with van der Waals surface area (Å²) in [5.74, 6) is 0. The van der Waals surface area contributed by atoms with Gasteiger partial charge in [-0.3, -0.25) is 0 Å². The standard InChI is InChI=1S/C14H21ClN2O2/c1-4-7-14(3,9-18)17-13(19)16-12-8-10(2)5-6-11(12)15/h5-6,8,18H,4,7,9H2,1-3H3,(H2,16,17,19). The molecule has 106 valence electrons. The van der Waals surface area contributed by atoms with E-state index in [0.29, 0.717) is 17.1 Å². The fourth-order valence-corrected chi connectivity index (χ4v) is 2.06. The summed E-state index contributed by atoms with van der Waals surface area (Å²) in [4.78, 5) is 11.9. The Bertz CT molecular complexity index is 451. The maximum atomic E-state index is 11.9. The quantitative estimate of drug-likeness (QED) is 0.777. The van der Waals surface area contributed by atoms with Crippen LogP contribution in [0, 0.1) is 6.92 Å². The molecule has 0 saturated heterocycles. The number of hydrogen-bond acceptors (Lipinski definition) is 2. The second-order valence-corrected chi connectivity index (χ2v) is 5.44. The van der Waals surface area contributed by atoms with Gasteiger partial charge in [-0.15, -0.1) is 0 Å². The van der Waals surface area contributed by atoms with Crippen molar-refractivity contribution < 1.29 is 9.90 Å². The number of anilines is 1. The first kappa shape index (κ1) is 15.8. The Morgan fingerprint density at radius 2 is 2.16 bits per heavy atom. The maximum Gasteiger partial charge on any atom is 0.319 e. The number of urea groups is 1. The lowest BCUT2D eigenvalue weighted by Crippen LogP contribution is -2.50. The third-order valence-corrected chi connectivity index (χ3v) is 3.27. The summed E-state index contributed by atoms with van der Waals surface area (Å²) >= 11 is 6.01. The van der Waals surface area contributed by atoms with Crippen LogP contribution in [0.2, 0.25) is 5.02 Å². The molecule has 0 heterocycles. The molecule has 1 aromatic carbocycles. The zero-order valence-electron chi connectivity index (χ0n) is 11.6. The van der Waals surface area contributed by atoms with Crippen molar-refractivity contribution in [3.63, 3.8) is 0 Å². The van der Waals surface area contributed by atoms with Crippen LogP contribution in [0.1, 0.15) is 32.3 Å². The largest absolute Gasteiger partial charge is 0.394 e. The molecule has 1 unspecified atom stereocenters. The van der Waals surface area contributed by atoms with Gasteiger partial charge in [0, 0.05) is 0 Å². The lowest BCUT2D eigenvalue weighted by molar-refractivity contribution is 0.167. The number of carbonyl (C=O) groups excluding carboxylic acids is 1. The van der Waals surface area contributed by atoms with Crippen LogP contribution >= 0.6 is 11.6 Å². The second kappa shape index (κ2) is 6.78. The molecule has 0 radical (unpaired) electrons. The van der Waals surface area contributed by atoms with Crippen LogP contribution in [0.3, 0.4) is 0 Å². The van der Waals surface area contributed by atoms with Crippen LogP contribution in [0.4, 0.5) is 10.5 Å². The van der Waals surface area contributed by atoms with E-state index in [0.717, 1.165) is 12.0 Å². The molecular formula is C14H21ClN2O2. The van der Waals surface area contributed by atoms with Gasteiger partial charge in [-0.25, -0.2) is 4.79 Å². The van der Waals surface area contributed by atoms with Crippen LogP contribution in [-0.4, -0.2) is 23.3 Å². The number of aliphatic hydroxyl groups is 1. The van der Waals surface area contributed by atoms with E-state index in [2.05, 4.69) is 10.6 Å². The molecule has 0 aliphatic rings. The number of amides is 2. The minimum absolute atomic E-state index is 0.101. The third-order valence-electron chi connectivity index (χ3n) is 2.94. The Balaban J connectivity index is 2.72. The fourth-order valence-electron chi connectivity index (χ4n) is 1.90. The van der Waals surface area contributed by atoms with Crippen LogP contribution in [0.5, 0.6) is 0 Å². The number of carbonyl (C=O) groups is 1. The minimum Gasteiger partial charge on any atom is -0.394 e. The molecular weight excluding hydrogens is 264 g/mol. The summed E-state index contributed by atoms with van der Waals surface area (Å²) in [7, 11) is 0. The zero-order valence-corrected chi connectivity index (χ0v) is 12.3. The fraction of sp³-hybridized carbons (Fsp3) is 0.500. The molecule has 0 bridgehead atoms. The number of hydrogen-bond donors (Lipinski definition) is 3. The summed E-state index contributed by atoms with van der Waals surface area (Å²) in [6.07, 6.45) is 1.58. The molecule has 0 aliphatic heterocycles. The molecule has 1 atom stereocenters. The molecule has 3 N–H and O–H groups in total. The Labute approximate surface area is 119 Å². The first-order chi connectivity index (χ1) is 8.90. The van der Waals surface area contributed by atoms with E-state index in [-0.39, 0.29) is 12.6 Å². The van der Waals surface area contributed by atoms with E-state index >= 15 is 0 Å². The smallest absolute Gasteiger partial charge is 0.319 e. The Kier molecular flexibility index (Phi) is 5.63. The van der Waals surface area contributed by atoms with Crippen molar-refractivity contribution in [2.75, 3.05) is 11.9 Å². The SMILES string of the molecule is CCCC(C)(CO)NC(=O)Nc1cc(C)ccc1Cl. The molecule has 5 heteroatoms. The Morgan fingerprint density at radius 1 is 1.47 bits per heavy atom. The van der Waals surface area contributed by atoms with E-state index in [9.17, 15) is 9.90 Å².